The van der Waals surface area contributed by atoms with Crippen molar-refractivity contribution in [3.05, 3.63) is 101 Å². The lowest BCUT2D eigenvalue weighted by molar-refractivity contribution is 0.0734. The first-order valence-corrected chi connectivity index (χ1v) is 8.63. The predicted molar refractivity (Wildman–Crippen MR) is 102 cm³/mol. The molecule has 0 bridgehead atoms. The van der Waals surface area contributed by atoms with Gasteiger partial charge in [-0.25, -0.2) is 9.18 Å². The van der Waals surface area contributed by atoms with Crippen LogP contribution in [-0.4, -0.2) is 11.8 Å². The van der Waals surface area contributed by atoms with Gasteiger partial charge >= 0.3 is 5.97 Å². The van der Waals surface area contributed by atoms with Crippen molar-refractivity contribution in [2.24, 2.45) is 0 Å². The summed E-state index contributed by atoms with van der Waals surface area (Å²) in [6.45, 7) is 1.95. The Balaban J connectivity index is 1.56. The van der Waals surface area contributed by atoms with E-state index in [1.165, 1.54) is 36.4 Å². The van der Waals surface area contributed by atoms with Gasteiger partial charge in [0.05, 0.1) is 11.1 Å². The molecule has 0 fully saturated rings. The number of allylic oxidation sites excluding steroid dienone is 1. The summed E-state index contributed by atoms with van der Waals surface area (Å²) in [5.74, 6) is -0.512. The molecule has 138 valence electrons. The third kappa shape index (κ3) is 3.42. The van der Waals surface area contributed by atoms with E-state index in [1.54, 1.807) is 12.1 Å². The van der Waals surface area contributed by atoms with Crippen LogP contribution in [0.4, 0.5) is 4.39 Å². The minimum absolute atomic E-state index is 0.214. The first kappa shape index (κ1) is 17.7. The van der Waals surface area contributed by atoms with Gasteiger partial charge in [-0.15, -0.1) is 0 Å². The number of carbonyl (C=O) groups excluding carboxylic acids is 2. The Kier molecular flexibility index (Phi) is 4.49. The summed E-state index contributed by atoms with van der Waals surface area (Å²) in [6.07, 6.45) is 1.70. The van der Waals surface area contributed by atoms with Crippen LogP contribution in [0.3, 0.4) is 0 Å². The molecule has 0 N–H and O–H groups in total. The van der Waals surface area contributed by atoms with Gasteiger partial charge in [-0.3, -0.25) is 4.79 Å². The van der Waals surface area contributed by atoms with E-state index in [1.807, 2.05) is 31.2 Å². The first-order chi connectivity index (χ1) is 13.5. The number of fused-ring (bicyclic) bond motifs is 1. The summed E-state index contributed by atoms with van der Waals surface area (Å²) >= 11 is 0. The molecule has 0 unspecified atom stereocenters. The molecular weight excluding hydrogens is 359 g/mol. The van der Waals surface area contributed by atoms with Gasteiger partial charge in [0.15, 0.2) is 5.76 Å². The van der Waals surface area contributed by atoms with Gasteiger partial charge in [-0.1, -0.05) is 24.3 Å². The van der Waals surface area contributed by atoms with Crippen LogP contribution in [0.15, 0.2) is 72.5 Å². The van der Waals surface area contributed by atoms with Crippen LogP contribution >= 0.6 is 0 Å². The predicted octanol–water partition coefficient (Wildman–Crippen LogP) is 4.97. The molecule has 0 spiro atoms. The maximum Gasteiger partial charge on any atom is 0.343 e. The number of halogens is 1. The summed E-state index contributed by atoms with van der Waals surface area (Å²) < 4.78 is 24.0. The number of esters is 1. The highest BCUT2D eigenvalue weighted by atomic mass is 19.1. The van der Waals surface area contributed by atoms with Crippen LogP contribution < -0.4 is 9.47 Å². The summed E-state index contributed by atoms with van der Waals surface area (Å²) in [5, 5.41) is 0. The standard InChI is InChI=1S/C23H15FO4/c1-14-4-2-3-5-16(14)12-21-22(25)19-11-10-18(13-20(19)28-21)27-23(26)15-6-8-17(24)9-7-15/h2-13H,1H3/b21-12+. The lowest BCUT2D eigenvalue weighted by Gasteiger charge is -2.05. The Bertz CT molecular complexity index is 1110. The number of carbonyl (C=O) groups is 2. The van der Waals surface area contributed by atoms with Crippen LogP contribution in [0.5, 0.6) is 11.5 Å². The van der Waals surface area contributed by atoms with Gasteiger partial charge in [0.2, 0.25) is 5.78 Å². The molecule has 0 aromatic heterocycles. The molecule has 3 aromatic carbocycles. The van der Waals surface area contributed by atoms with Crippen molar-refractivity contribution < 1.29 is 23.5 Å². The van der Waals surface area contributed by atoms with Crippen LogP contribution in [0.2, 0.25) is 0 Å². The second kappa shape index (κ2) is 7.12. The summed E-state index contributed by atoms with van der Waals surface area (Å²) in [5.41, 5.74) is 2.54. The number of benzene rings is 3. The fraction of sp³-hybridized carbons (Fsp3) is 0.0435. The number of Topliss-reactive ketones (excluding diaryl/α,β-unsaturated/α-hetero) is 1. The molecule has 3 aromatic rings. The zero-order valence-corrected chi connectivity index (χ0v) is 14.9. The first-order valence-electron chi connectivity index (χ1n) is 8.63. The molecule has 1 aliphatic rings. The van der Waals surface area contributed by atoms with E-state index >= 15 is 0 Å². The van der Waals surface area contributed by atoms with Crippen molar-refractivity contribution in [3.8, 4) is 11.5 Å². The normalized spacial score (nSPS) is 13.9. The zero-order valence-electron chi connectivity index (χ0n) is 14.9. The molecule has 0 atom stereocenters. The molecule has 4 rings (SSSR count). The van der Waals surface area contributed by atoms with E-state index in [0.29, 0.717) is 11.3 Å². The van der Waals surface area contributed by atoms with Gasteiger partial charge in [0, 0.05) is 6.07 Å². The summed E-state index contributed by atoms with van der Waals surface area (Å²) in [4.78, 5) is 24.7. The third-order valence-electron chi connectivity index (χ3n) is 4.41. The van der Waals surface area contributed by atoms with Crippen molar-refractivity contribution in [2.75, 3.05) is 0 Å². The van der Waals surface area contributed by atoms with Gasteiger partial charge in [-0.05, 0) is 60.5 Å². The fourth-order valence-corrected chi connectivity index (χ4v) is 2.87. The minimum Gasteiger partial charge on any atom is -0.452 e. The van der Waals surface area contributed by atoms with Crippen molar-refractivity contribution in [1.82, 2.24) is 0 Å². The van der Waals surface area contributed by atoms with Crippen molar-refractivity contribution in [2.45, 2.75) is 6.92 Å². The lowest BCUT2D eigenvalue weighted by atomic mass is 10.1. The second-order valence-electron chi connectivity index (χ2n) is 6.35. The van der Waals surface area contributed by atoms with Gasteiger partial charge < -0.3 is 9.47 Å². The molecule has 0 aliphatic carbocycles. The molecule has 0 saturated heterocycles. The number of hydrogen-bond donors (Lipinski definition) is 0. The van der Waals surface area contributed by atoms with E-state index < -0.39 is 11.8 Å². The molecule has 0 saturated carbocycles. The van der Waals surface area contributed by atoms with E-state index in [-0.39, 0.29) is 22.9 Å². The van der Waals surface area contributed by atoms with E-state index in [0.717, 1.165) is 11.1 Å². The lowest BCUT2D eigenvalue weighted by Crippen LogP contribution is -2.08. The number of rotatable bonds is 3. The Morgan fingerprint density at radius 2 is 1.79 bits per heavy atom. The van der Waals surface area contributed by atoms with Crippen LogP contribution in [-0.2, 0) is 0 Å². The highest BCUT2D eigenvalue weighted by molar-refractivity contribution is 6.14. The van der Waals surface area contributed by atoms with E-state index in [9.17, 15) is 14.0 Å². The molecule has 1 aliphatic heterocycles. The smallest absolute Gasteiger partial charge is 0.343 e. The zero-order chi connectivity index (χ0) is 19.7. The molecular formula is C23H15FO4. The van der Waals surface area contributed by atoms with Crippen molar-refractivity contribution >= 4 is 17.8 Å². The molecule has 28 heavy (non-hydrogen) atoms. The maximum absolute atomic E-state index is 13.0. The highest BCUT2D eigenvalue weighted by Crippen LogP contribution is 2.35. The quantitative estimate of drug-likeness (QED) is 0.369. The molecule has 5 heteroatoms. The minimum atomic E-state index is -0.625. The van der Waals surface area contributed by atoms with Crippen LogP contribution in [0, 0.1) is 12.7 Å². The fourth-order valence-electron chi connectivity index (χ4n) is 2.87. The Labute approximate surface area is 160 Å². The maximum atomic E-state index is 13.0. The topological polar surface area (TPSA) is 52.6 Å². The summed E-state index contributed by atoms with van der Waals surface area (Å²) in [7, 11) is 0. The number of aryl methyl sites for hydroxylation is 1. The average molecular weight is 374 g/mol. The van der Waals surface area contributed by atoms with Crippen LogP contribution in [0.25, 0.3) is 6.08 Å². The summed E-state index contributed by atoms with van der Waals surface area (Å²) in [6, 6.07) is 17.3. The molecule has 0 amide bonds. The van der Waals surface area contributed by atoms with Gasteiger partial charge in [-0.2, -0.15) is 0 Å². The Morgan fingerprint density at radius 3 is 2.54 bits per heavy atom. The monoisotopic (exact) mass is 374 g/mol. The second-order valence-corrected chi connectivity index (χ2v) is 6.35. The van der Waals surface area contributed by atoms with E-state index in [2.05, 4.69) is 0 Å². The Hall–Kier alpha value is -3.73. The van der Waals surface area contributed by atoms with Crippen LogP contribution in [0.1, 0.15) is 31.8 Å². The van der Waals surface area contributed by atoms with Crippen molar-refractivity contribution in [1.29, 1.82) is 0 Å². The molecule has 4 nitrogen and oxygen atoms in total. The van der Waals surface area contributed by atoms with Gasteiger partial charge in [0.1, 0.15) is 17.3 Å². The molecule has 1 heterocycles. The largest absolute Gasteiger partial charge is 0.452 e. The SMILES string of the molecule is Cc1ccccc1/C=C1/Oc2cc(OC(=O)c3ccc(F)cc3)ccc2C1=O. The number of hydrogen-bond acceptors (Lipinski definition) is 4. The van der Waals surface area contributed by atoms with E-state index in [4.69, 9.17) is 9.47 Å². The van der Waals surface area contributed by atoms with Crippen molar-refractivity contribution in [3.63, 3.8) is 0 Å². The Morgan fingerprint density at radius 1 is 1.04 bits per heavy atom. The number of ketones is 1. The van der Waals surface area contributed by atoms with Gasteiger partial charge in [0.25, 0.3) is 0 Å². The average Bonchev–Trinajstić information content (AvgIpc) is 2.99. The molecule has 0 radical (unpaired) electrons. The highest BCUT2D eigenvalue weighted by Gasteiger charge is 2.28. The third-order valence-corrected chi connectivity index (χ3v) is 4.41. The number of ether oxygens (including phenoxy) is 2.